The van der Waals surface area contributed by atoms with Gasteiger partial charge in [-0.1, -0.05) is 30.1 Å². The van der Waals surface area contributed by atoms with Crippen molar-refractivity contribution in [2.24, 2.45) is 5.92 Å². The van der Waals surface area contributed by atoms with E-state index in [0.29, 0.717) is 15.7 Å². The van der Waals surface area contributed by atoms with Crippen LogP contribution in [0.4, 0.5) is 5.69 Å². The second-order valence-corrected chi connectivity index (χ2v) is 5.56. The fourth-order valence-electron chi connectivity index (χ4n) is 1.96. The number of nitrogens with zero attached hydrogens (tertiary/aromatic N) is 1. The Morgan fingerprint density at radius 1 is 1.29 bits per heavy atom. The van der Waals surface area contributed by atoms with Gasteiger partial charge in [-0.15, -0.1) is 0 Å². The summed E-state index contributed by atoms with van der Waals surface area (Å²) in [6.07, 6.45) is 2.75. The van der Waals surface area contributed by atoms with Gasteiger partial charge >= 0.3 is 0 Å². The standard InChI is InChI=1S/C13H18Cl2N2/c1-2-17(7-9-3-4-9)8-10-5-11(14)13(16)12(15)6-10/h5-6,9H,2-4,7-8,16H2,1H3. The van der Waals surface area contributed by atoms with E-state index in [2.05, 4.69) is 11.8 Å². The molecule has 0 atom stereocenters. The smallest absolute Gasteiger partial charge is 0.0693 e. The van der Waals surface area contributed by atoms with Gasteiger partial charge in [0.2, 0.25) is 0 Å². The average Bonchev–Trinajstić information content (AvgIpc) is 3.08. The van der Waals surface area contributed by atoms with Gasteiger partial charge in [-0.05, 0) is 43.0 Å². The normalized spacial score (nSPS) is 15.5. The largest absolute Gasteiger partial charge is 0.396 e. The molecule has 0 aromatic heterocycles. The molecule has 1 fully saturated rings. The summed E-state index contributed by atoms with van der Waals surface area (Å²) in [7, 11) is 0. The van der Waals surface area contributed by atoms with Crippen molar-refractivity contribution in [3.05, 3.63) is 27.7 Å². The third kappa shape index (κ3) is 3.51. The van der Waals surface area contributed by atoms with Crippen LogP contribution in [0.2, 0.25) is 10.0 Å². The van der Waals surface area contributed by atoms with Crippen molar-refractivity contribution in [3.8, 4) is 0 Å². The van der Waals surface area contributed by atoms with Crippen LogP contribution in [0.1, 0.15) is 25.3 Å². The SMILES string of the molecule is CCN(Cc1cc(Cl)c(N)c(Cl)c1)CC1CC1. The van der Waals surface area contributed by atoms with Gasteiger partial charge in [0.1, 0.15) is 0 Å². The highest BCUT2D eigenvalue weighted by molar-refractivity contribution is 6.38. The molecule has 2 N–H and O–H groups in total. The van der Waals surface area contributed by atoms with Crippen LogP contribution < -0.4 is 5.73 Å². The third-order valence-corrected chi connectivity index (χ3v) is 3.83. The Balaban J connectivity index is 2.05. The monoisotopic (exact) mass is 272 g/mol. The van der Waals surface area contributed by atoms with Gasteiger partial charge in [0.05, 0.1) is 15.7 Å². The van der Waals surface area contributed by atoms with E-state index in [4.69, 9.17) is 28.9 Å². The van der Waals surface area contributed by atoms with Gasteiger partial charge in [-0.2, -0.15) is 0 Å². The molecule has 17 heavy (non-hydrogen) atoms. The van der Waals surface area contributed by atoms with Crippen molar-refractivity contribution in [1.29, 1.82) is 0 Å². The number of rotatable bonds is 5. The quantitative estimate of drug-likeness (QED) is 0.827. The highest BCUT2D eigenvalue weighted by atomic mass is 35.5. The van der Waals surface area contributed by atoms with Crippen LogP contribution in [0.25, 0.3) is 0 Å². The first-order valence-electron chi connectivity index (χ1n) is 6.06. The first-order chi connectivity index (χ1) is 8.10. The summed E-state index contributed by atoms with van der Waals surface area (Å²) >= 11 is 12.1. The minimum absolute atomic E-state index is 0.474. The molecule has 2 rings (SSSR count). The molecule has 1 aliphatic rings. The van der Waals surface area contributed by atoms with E-state index in [1.54, 1.807) is 0 Å². The van der Waals surface area contributed by atoms with Crippen molar-refractivity contribution in [2.75, 3.05) is 18.8 Å². The molecule has 4 heteroatoms. The van der Waals surface area contributed by atoms with Crippen LogP contribution in [0.3, 0.4) is 0 Å². The minimum Gasteiger partial charge on any atom is -0.396 e. The fraction of sp³-hybridized carbons (Fsp3) is 0.538. The van der Waals surface area contributed by atoms with Crippen LogP contribution in [0.5, 0.6) is 0 Å². The number of nitrogen functional groups attached to an aromatic ring is 1. The zero-order chi connectivity index (χ0) is 12.4. The van der Waals surface area contributed by atoms with Crippen LogP contribution >= 0.6 is 23.2 Å². The molecule has 0 saturated heterocycles. The summed E-state index contributed by atoms with van der Waals surface area (Å²) < 4.78 is 0. The minimum atomic E-state index is 0.474. The molecule has 0 radical (unpaired) electrons. The molecule has 1 saturated carbocycles. The Hall–Kier alpha value is -0.440. The van der Waals surface area contributed by atoms with Crippen LogP contribution in [-0.2, 0) is 6.54 Å². The van der Waals surface area contributed by atoms with E-state index in [-0.39, 0.29) is 0 Å². The number of halogens is 2. The fourth-order valence-corrected chi connectivity index (χ4v) is 2.49. The molecule has 0 heterocycles. The van der Waals surface area contributed by atoms with E-state index >= 15 is 0 Å². The van der Waals surface area contributed by atoms with E-state index in [1.165, 1.54) is 19.4 Å². The second-order valence-electron chi connectivity index (χ2n) is 4.74. The number of hydrogen-bond acceptors (Lipinski definition) is 2. The molecule has 94 valence electrons. The van der Waals surface area contributed by atoms with Crippen molar-refractivity contribution >= 4 is 28.9 Å². The number of hydrogen-bond donors (Lipinski definition) is 1. The van der Waals surface area contributed by atoms with Crippen molar-refractivity contribution in [1.82, 2.24) is 4.90 Å². The summed E-state index contributed by atoms with van der Waals surface area (Å²) in [5.41, 5.74) is 7.34. The summed E-state index contributed by atoms with van der Waals surface area (Å²) in [5.74, 6) is 0.898. The molecule has 1 aromatic rings. The number of benzene rings is 1. The molecule has 0 aliphatic heterocycles. The van der Waals surface area contributed by atoms with Gasteiger partial charge < -0.3 is 5.73 Å². The van der Waals surface area contributed by atoms with Crippen molar-refractivity contribution in [3.63, 3.8) is 0 Å². The lowest BCUT2D eigenvalue weighted by Gasteiger charge is -2.20. The highest BCUT2D eigenvalue weighted by Gasteiger charge is 2.23. The van der Waals surface area contributed by atoms with E-state index in [9.17, 15) is 0 Å². The Morgan fingerprint density at radius 2 is 1.88 bits per heavy atom. The third-order valence-electron chi connectivity index (χ3n) is 3.21. The highest BCUT2D eigenvalue weighted by Crippen LogP contribution is 2.32. The Morgan fingerprint density at radius 3 is 2.35 bits per heavy atom. The molecule has 0 bridgehead atoms. The molecular formula is C13H18Cl2N2. The lowest BCUT2D eigenvalue weighted by Crippen LogP contribution is -2.25. The van der Waals surface area contributed by atoms with E-state index < -0.39 is 0 Å². The zero-order valence-corrected chi connectivity index (χ0v) is 11.6. The predicted octanol–water partition coefficient (Wildman–Crippen LogP) is 3.81. The molecule has 0 amide bonds. The molecule has 1 aromatic carbocycles. The Bertz CT molecular complexity index is 379. The number of nitrogens with two attached hydrogens (primary N) is 1. The lowest BCUT2D eigenvalue weighted by atomic mass is 10.2. The lowest BCUT2D eigenvalue weighted by molar-refractivity contribution is 0.268. The van der Waals surface area contributed by atoms with Gasteiger partial charge in [-0.3, -0.25) is 4.90 Å². The van der Waals surface area contributed by atoms with Crippen molar-refractivity contribution < 1.29 is 0 Å². The second kappa shape index (κ2) is 5.47. The summed E-state index contributed by atoms with van der Waals surface area (Å²) in [6, 6.07) is 3.83. The maximum Gasteiger partial charge on any atom is 0.0693 e. The van der Waals surface area contributed by atoms with Gasteiger partial charge in [0.15, 0.2) is 0 Å². The topological polar surface area (TPSA) is 29.3 Å². The van der Waals surface area contributed by atoms with Crippen LogP contribution in [0.15, 0.2) is 12.1 Å². The van der Waals surface area contributed by atoms with Crippen molar-refractivity contribution in [2.45, 2.75) is 26.3 Å². The summed E-state index contributed by atoms with van der Waals surface area (Å²) in [4.78, 5) is 2.43. The maximum atomic E-state index is 6.04. The number of anilines is 1. The van der Waals surface area contributed by atoms with Crippen LogP contribution in [0, 0.1) is 5.92 Å². The van der Waals surface area contributed by atoms with E-state index in [1.807, 2.05) is 12.1 Å². The van der Waals surface area contributed by atoms with Gasteiger partial charge in [-0.25, -0.2) is 0 Å². The first-order valence-corrected chi connectivity index (χ1v) is 6.81. The Labute approximate surface area is 113 Å². The Kier molecular flexibility index (Phi) is 4.18. The summed E-state index contributed by atoms with van der Waals surface area (Å²) in [6.45, 7) is 5.31. The molecule has 0 unspecified atom stereocenters. The van der Waals surface area contributed by atoms with Gasteiger partial charge in [0.25, 0.3) is 0 Å². The van der Waals surface area contributed by atoms with E-state index in [0.717, 1.165) is 24.6 Å². The molecule has 2 nitrogen and oxygen atoms in total. The first kappa shape index (κ1) is 13.0. The summed E-state index contributed by atoms with van der Waals surface area (Å²) in [5, 5.41) is 1.10. The molecule has 0 spiro atoms. The average molecular weight is 273 g/mol. The molecular weight excluding hydrogens is 255 g/mol. The zero-order valence-electron chi connectivity index (χ0n) is 10.0. The maximum absolute atomic E-state index is 6.04. The van der Waals surface area contributed by atoms with Crippen LogP contribution in [-0.4, -0.2) is 18.0 Å². The molecule has 1 aliphatic carbocycles. The predicted molar refractivity (Wildman–Crippen MR) is 74.5 cm³/mol. The van der Waals surface area contributed by atoms with Gasteiger partial charge in [0, 0.05) is 13.1 Å².